The van der Waals surface area contributed by atoms with Gasteiger partial charge in [0.2, 0.25) is 0 Å². The zero-order valence-electron chi connectivity index (χ0n) is 13.8. The predicted octanol–water partition coefficient (Wildman–Crippen LogP) is 5.18. The van der Waals surface area contributed by atoms with Gasteiger partial charge in [0.05, 0.1) is 0 Å². The lowest BCUT2D eigenvalue weighted by Gasteiger charge is -2.04. The van der Waals surface area contributed by atoms with E-state index in [9.17, 15) is 0 Å². The van der Waals surface area contributed by atoms with Gasteiger partial charge in [0.1, 0.15) is 0 Å². The van der Waals surface area contributed by atoms with E-state index in [4.69, 9.17) is 0 Å². The third-order valence-corrected chi connectivity index (χ3v) is 3.84. The van der Waals surface area contributed by atoms with E-state index < -0.39 is 0 Å². The molecule has 3 aromatic carbocycles. The SMILES string of the molecule is C(/C=C/c1ccccc1)=[N+](Cc1ccccc1)Cc1ccccc1. The fourth-order valence-corrected chi connectivity index (χ4v) is 2.64. The lowest BCUT2D eigenvalue weighted by molar-refractivity contribution is -0.554. The fraction of sp³-hybridized carbons (Fsp3) is 0.0870. The molecule has 3 rings (SSSR count). The Bertz CT molecular complexity index is 744. The summed E-state index contributed by atoms with van der Waals surface area (Å²) in [6.45, 7) is 1.80. The van der Waals surface area contributed by atoms with Crippen molar-refractivity contribution in [1.82, 2.24) is 0 Å². The first kappa shape index (κ1) is 15.9. The van der Waals surface area contributed by atoms with Crippen LogP contribution in [0, 0.1) is 0 Å². The average molecular weight is 312 g/mol. The van der Waals surface area contributed by atoms with Crippen molar-refractivity contribution in [2.24, 2.45) is 0 Å². The quantitative estimate of drug-likeness (QED) is 0.435. The van der Waals surface area contributed by atoms with Crippen molar-refractivity contribution in [3.63, 3.8) is 0 Å². The van der Waals surface area contributed by atoms with Crippen LogP contribution in [0.1, 0.15) is 16.7 Å². The minimum Gasteiger partial charge on any atom is -0.227 e. The third kappa shape index (κ3) is 5.06. The first-order chi connectivity index (χ1) is 11.9. The Balaban J connectivity index is 1.78. The summed E-state index contributed by atoms with van der Waals surface area (Å²) in [5, 5.41) is 0. The zero-order chi connectivity index (χ0) is 16.5. The van der Waals surface area contributed by atoms with Crippen molar-refractivity contribution in [3.05, 3.63) is 114 Å². The van der Waals surface area contributed by atoms with Crippen molar-refractivity contribution in [2.75, 3.05) is 0 Å². The predicted molar refractivity (Wildman–Crippen MR) is 102 cm³/mol. The van der Waals surface area contributed by atoms with Gasteiger partial charge in [0.15, 0.2) is 19.3 Å². The summed E-state index contributed by atoms with van der Waals surface area (Å²) < 4.78 is 2.34. The van der Waals surface area contributed by atoms with Crippen LogP contribution in [0.2, 0.25) is 0 Å². The van der Waals surface area contributed by atoms with Gasteiger partial charge in [-0.25, -0.2) is 4.58 Å². The van der Waals surface area contributed by atoms with Gasteiger partial charge in [0.25, 0.3) is 0 Å². The highest BCUT2D eigenvalue weighted by molar-refractivity contribution is 5.74. The molecule has 1 nitrogen and oxygen atoms in total. The Labute approximate surface area is 144 Å². The highest BCUT2D eigenvalue weighted by Gasteiger charge is 2.06. The van der Waals surface area contributed by atoms with Gasteiger partial charge in [-0.1, -0.05) is 91.0 Å². The summed E-state index contributed by atoms with van der Waals surface area (Å²) in [5.74, 6) is 0. The molecule has 0 saturated heterocycles. The normalized spacial score (nSPS) is 10.7. The van der Waals surface area contributed by atoms with E-state index in [1.165, 1.54) is 16.7 Å². The molecule has 0 radical (unpaired) electrons. The lowest BCUT2D eigenvalue weighted by atomic mass is 10.2. The molecule has 0 fully saturated rings. The van der Waals surface area contributed by atoms with Gasteiger partial charge in [-0.15, -0.1) is 0 Å². The molecule has 0 atom stereocenters. The van der Waals surface area contributed by atoms with Crippen molar-refractivity contribution in [2.45, 2.75) is 13.1 Å². The average Bonchev–Trinajstić information content (AvgIpc) is 2.64. The molecular weight excluding hydrogens is 290 g/mol. The highest BCUT2D eigenvalue weighted by Crippen LogP contribution is 2.06. The Morgan fingerprint density at radius 1 is 0.583 bits per heavy atom. The standard InChI is InChI=1S/C23H22N/c1-4-11-21(12-5-1)17-10-18-24(19-22-13-6-2-7-14-22)20-23-15-8-3-9-16-23/h1-18H,19-20H2/q+1/b17-10+. The van der Waals surface area contributed by atoms with Crippen LogP contribution in [0.4, 0.5) is 0 Å². The van der Waals surface area contributed by atoms with E-state index in [1.807, 2.05) is 6.07 Å². The molecule has 0 aliphatic rings. The molecule has 0 saturated carbocycles. The van der Waals surface area contributed by atoms with Crippen LogP contribution >= 0.6 is 0 Å². The summed E-state index contributed by atoms with van der Waals surface area (Å²) in [6.07, 6.45) is 6.44. The lowest BCUT2D eigenvalue weighted by Crippen LogP contribution is -2.12. The maximum absolute atomic E-state index is 2.34. The second kappa shape index (κ2) is 8.64. The molecule has 118 valence electrons. The van der Waals surface area contributed by atoms with Gasteiger partial charge in [0, 0.05) is 17.2 Å². The molecule has 3 aromatic rings. The minimum atomic E-state index is 0.898. The van der Waals surface area contributed by atoms with E-state index >= 15 is 0 Å². The fourth-order valence-electron chi connectivity index (χ4n) is 2.64. The van der Waals surface area contributed by atoms with Crippen LogP contribution in [-0.2, 0) is 13.1 Å². The molecular formula is C23H22N+. The van der Waals surface area contributed by atoms with Gasteiger partial charge in [-0.3, -0.25) is 0 Å². The summed E-state index contributed by atoms with van der Waals surface area (Å²) >= 11 is 0. The molecule has 0 bridgehead atoms. The number of rotatable bonds is 6. The molecule has 1 heteroatoms. The van der Waals surface area contributed by atoms with Crippen LogP contribution in [0.5, 0.6) is 0 Å². The molecule has 24 heavy (non-hydrogen) atoms. The number of hydrogen-bond acceptors (Lipinski definition) is 0. The van der Waals surface area contributed by atoms with Gasteiger partial charge in [-0.05, 0) is 11.6 Å². The second-order valence-corrected chi connectivity index (χ2v) is 5.80. The van der Waals surface area contributed by atoms with Gasteiger partial charge >= 0.3 is 0 Å². The summed E-state index contributed by atoms with van der Waals surface area (Å²) in [7, 11) is 0. The van der Waals surface area contributed by atoms with Crippen LogP contribution in [0.25, 0.3) is 6.08 Å². The first-order valence-electron chi connectivity index (χ1n) is 8.29. The molecule has 0 spiro atoms. The molecule has 0 unspecified atom stereocenters. The molecule has 0 aliphatic carbocycles. The van der Waals surface area contributed by atoms with E-state index in [0.29, 0.717) is 0 Å². The van der Waals surface area contributed by atoms with Crippen LogP contribution in [0.3, 0.4) is 0 Å². The van der Waals surface area contributed by atoms with Crippen molar-refractivity contribution in [3.8, 4) is 0 Å². The van der Waals surface area contributed by atoms with E-state index in [0.717, 1.165) is 13.1 Å². The summed E-state index contributed by atoms with van der Waals surface area (Å²) in [4.78, 5) is 0. The monoisotopic (exact) mass is 312 g/mol. The molecule has 0 aliphatic heterocycles. The van der Waals surface area contributed by atoms with Crippen LogP contribution < -0.4 is 0 Å². The van der Waals surface area contributed by atoms with Crippen LogP contribution in [-0.4, -0.2) is 10.8 Å². The Morgan fingerprint density at radius 3 is 1.54 bits per heavy atom. The topological polar surface area (TPSA) is 3.01 Å². The summed E-state index contributed by atoms with van der Waals surface area (Å²) in [5.41, 5.74) is 3.85. The number of allylic oxidation sites excluding steroid dienone is 1. The maximum Gasteiger partial charge on any atom is 0.168 e. The van der Waals surface area contributed by atoms with E-state index in [1.54, 1.807) is 0 Å². The molecule has 0 amide bonds. The maximum atomic E-state index is 2.34. The zero-order valence-corrected chi connectivity index (χ0v) is 13.8. The first-order valence-corrected chi connectivity index (χ1v) is 8.29. The second-order valence-electron chi connectivity index (χ2n) is 5.80. The van der Waals surface area contributed by atoms with E-state index in [-0.39, 0.29) is 0 Å². The third-order valence-electron chi connectivity index (χ3n) is 3.84. The smallest absolute Gasteiger partial charge is 0.168 e. The molecule has 0 N–H and O–H groups in total. The van der Waals surface area contributed by atoms with Crippen molar-refractivity contribution >= 4 is 12.3 Å². The van der Waals surface area contributed by atoms with Gasteiger partial charge < -0.3 is 0 Å². The van der Waals surface area contributed by atoms with Crippen molar-refractivity contribution in [1.29, 1.82) is 0 Å². The Kier molecular flexibility index (Phi) is 5.74. The van der Waals surface area contributed by atoms with Crippen molar-refractivity contribution < 1.29 is 4.58 Å². The number of nitrogens with zero attached hydrogens (tertiary/aromatic N) is 1. The van der Waals surface area contributed by atoms with Crippen LogP contribution in [0.15, 0.2) is 97.1 Å². The molecule has 0 aromatic heterocycles. The minimum absolute atomic E-state index is 0.898. The Hall–Kier alpha value is -2.93. The number of hydrogen-bond donors (Lipinski definition) is 0. The highest BCUT2D eigenvalue weighted by atomic mass is 15.0. The number of benzene rings is 3. The Morgan fingerprint density at radius 2 is 1.04 bits per heavy atom. The van der Waals surface area contributed by atoms with E-state index in [2.05, 4.69) is 108 Å². The van der Waals surface area contributed by atoms with Gasteiger partial charge in [-0.2, -0.15) is 0 Å². The molecule has 0 heterocycles. The summed E-state index contributed by atoms with van der Waals surface area (Å²) in [6, 6.07) is 31.6. The largest absolute Gasteiger partial charge is 0.227 e.